The van der Waals surface area contributed by atoms with Crippen molar-refractivity contribution in [2.75, 3.05) is 12.4 Å². The molecule has 1 rings (SSSR count). The summed E-state index contributed by atoms with van der Waals surface area (Å²) in [4.78, 5) is 0. The number of rotatable bonds is 4. The summed E-state index contributed by atoms with van der Waals surface area (Å²) < 4.78 is 2.81. The van der Waals surface area contributed by atoms with Crippen LogP contribution in [0.1, 0.15) is 19.8 Å². The Morgan fingerprint density at radius 1 is 1.12 bits per heavy atom. The fourth-order valence-electron chi connectivity index (χ4n) is 2.74. The van der Waals surface area contributed by atoms with E-state index in [0.717, 1.165) is 12.4 Å². The zero-order chi connectivity index (χ0) is 13.5. The fourth-order valence-corrected chi connectivity index (χ4v) is 17.3. The molecule has 1 fully saturated rings. The summed E-state index contributed by atoms with van der Waals surface area (Å²) in [6.07, 6.45) is 2.73. The van der Waals surface area contributed by atoms with E-state index in [4.69, 9.17) is 11.6 Å². The third-order valence-electron chi connectivity index (χ3n) is 3.83. The Hall–Kier alpha value is 1.28. The fraction of sp³-hybridized carbons (Fsp3) is 1.00. The number of hydrogen-bond acceptors (Lipinski definition) is 1. The van der Waals surface area contributed by atoms with Gasteiger partial charge in [-0.3, -0.25) is 0 Å². The predicted octanol–water partition coefficient (Wildman–Crippen LogP) is 4.32. The van der Waals surface area contributed by atoms with Crippen LogP contribution in [-0.2, 0) is 0 Å². The zero-order valence-electron chi connectivity index (χ0n) is 12.8. The Morgan fingerprint density at radius 2 is 1.59 bits per heavy atom. The second-order valence-corrected chi connectivity index (χ2v) is 16.5. The number of unbranched alkanes of at least 4 members (excludes halogenated alkanes) is 1. The Bertz CT molecular complexity index is 195. The Morgan fingerprint density at radius 3 is 1.82 bits per heavy atom. The molecule has 1 nitrogen and oxygen atoms in total. The molecule has 98 valence electrons. The Kier molecular flexibility index (Phi) is 9.09. The van der Waals surface area contributed by atoms with Crippen molar-refractivity contribution in [1.29, 1.82) is 0 Å². The summed E-state index contributed by atoms with van der Waals surface area (Å²) in [5, 5.41) is 1.34. The van der Waals surface area contributed by atoms with Crippen LogP contribution in [0.5, 0.6) is 0 Å². The van der Waals surface area contributed by atoms with Crippen LogP contribution in [0.2, 0.25) is 43.4 Å². The van der Waals surface area contributed by atoms with Crippen molar-refractivity contribution in [2.24, 2.45) is 0 Å². The molecule has 0 bridgehead atoms. The van der Waals surface area contributed by atoms with Gasteiger partial charge in [-0.15, -0.1) is 11.6 Å². The average molecular weight is 286 g/mol. The second-order valence-electron chi connectivity index (χ2n) is 6.32. The van der Waals surface area contributed by atoms with Gasteiger partial charge in [0.1, 0.15) is 16.5 Å². The molecule has 0 aromatic heterocycles. The molecule has 0 amide bonds. The normalized spacial score (nSPS) is 22.1. The van der Waals surface area contributed by atoms with Crippen LogP contribution in [0.15, 0.2) is 0 Å². The third-order valence-corrected chi connectivity index (χ3v) is 14.4. The van der Waals surface area contributed by atoms with Crippen LogP contribution in [0.3, 0.4) is 0 Å². The van der Waals surface area contributed by atoms with Gasteiger partial charge in [-0.05, 0) is 18.6 Å². The Labute approximate surface area is 125 Å². The van der Waals surface area contributed by atoms with E-state index in [0.29, 0.717) is 0 Å². The summed E-state index contributed by atoms with van der Waals surface area (Å²) in [6, 6.07) is 2.98. The van der Waals surface area contributed by atoms with Crippen molar-refractivity contribution >= 4 is 45.8 Å². The summed E-state index contributed by atoms with van der Waals surface area (Å²) in [7, 11) is -2.03. The predicted molar refractivity (Wildman–Crippen MR) is 87.5 cm³/mol. The zero-order valence-corrected chi connectivity index (χ0v) is 15.5. The minimum absolute atomic E-state index is 0.812. The molecule has 0 spiro atoms. The van der Waals surface area contributed by atoms with Gasteiger partial charge in [0.2, 0.25) is 0 Å². The number of alkyl halides is 1. The first-order chi connectivity index (χ1) is 7.81. The molecule has 5 heteroatoms. The number of hydrogen-bond donors (Lipinski definition) is 0. The van der Waals surface area contributed by atoms with Gasteiger partial charge in [-0.1, -0.05) is 26.2 Å². The topological polar surface area (TPSA) is 3.24 Å². The van der Waals surface area contributed by atoms with Gasteiger partial charge >= 0.3 is 42.6 Å². The number of nitrogens with zero attached hydrogens (tertiary/aromatic N) is 1. The standard InChI is InChI=1S/C8H20ClNSi2.C4H9.Li/c1-11(2)7-8-12(3,4)10(11)6-5-9;1-3-4-2;/h5-8H2,1-4H3;1,3-4H2,2H3;. The molecular formula is C12H29ClLiNSi2. The number of halogens is 1. The van der Waals surface area contributed by atoms with E-state index < -0.39 is 16.5 Å². The van der Waals surface area contributed by atoms with Crippen LogP contribution < -0.4 is 0 Å². The van der Waals surface area contributed by atoms with Gasteiger partial charge in [0.15, 0.2) is 0 Å². The molecule has 0 aromatic carbocycles. The molecule has 1 aliphatic heterocycles. The van der Waals surface area contributed by atoms with Crippen LogP contribution in [0, 0.1) is 0 Å². The SMILES string of the molecule is C[Si]1(C)CC[Si](C)(C)N1CCCl.[Li][CH2]CCC. The van der Waals surface area contributed by atoms with E-state index in [1.54, 1.807) is 0 Å². The van der Waals surface area contributed by atoms with E-state index in [2.05, 4.69) is 55.1 Å². The van der Waals surface area contributed by atoms with Crippen molar-refractivity contribution < 1.29 is 0 Å². The first-order valence-electron chi connectivity index (χ1n) is 7.15. The van der Waals surface area contributed by atoms with Gasteiger partial charge in [-0.2, -0.15) is 0 Å². The summed E-state index contributed by atoms with van der Waals surface area (Å²) in [5.41, 5.74) is 0. The van der Waals surface area contributed by atoms with E-state index in [9.17, 15) is 0 Å². The van der Waals surface area contributed by atoms with E-state index in [-0.39, 0.29) is 0 Å². The minimum atomic E-state index is -1.02. The van der Waals surface area contributed by atoms with Crippen molar-refractivity contribution in [3.63, 3.8) is 0 Å². The molecular weight excluding hydrogens is 257 g/mol. The first-order valence-corrected chi connectivity index (χ1v) is 14.0. The van der Waals surface area contributed by atoms with Gasteiger partial charge in [0.05, 0.1) is 0 Å². The van der Waals surface area contributed by atoms with Crippen molar-refractivity contribution in [3.05, 3.63) is 0 Å². The maximum atomic E-state index is 5.84. The van der Waals surface area contributed by atoms with Crippen LogP contribution in [-0.4, -0.2) is 50.8 Å². The Balaban J connectivity index is 0.000000437. The van der Waals surface area contributed by atoms with Crippen LogP contribution >= 0.6 is 11.6 Å². The molecule has 0 saturated carbocycles. The molecule has 0 aromatic rings. The summed E-state index contributed by atoms with van der Waals surface area (Å²) in [6.45, 7) is 13.3. The molecule has 0 atom stereocenters. The molecule has 1 saturated heterocycles. The van der Waals surface area contributed by atoms with Gasteiger partial charge in [0, 0.05) is 5.88 Å². The van der Waals surface area contributed by atoms with E-state index in [1.807, 2.05) is 0 Å². The van der Waals surface area contributed by atoms with Gasteiger partial charge < -0.3 is 4.23 Å². The summed E-state index contributed by atoms with van der Waals surface area (Å²) >= 11 is 8.05. The maximum absolute atomic E-state index is 5.84. The van der Waals surface area contributed by atoms with Gasteiger partial charge in [-0.25, -0.2) is 0 Å². The molecule has 0 radical (unpaired) electrons. The molecule has 0 aliphatic carbocycles. The van der Waals surface area contributed by atoms with E-state index >= 15 is 0 Å². The van der Waals surface area contributed by atoms with Crippen LogP contribution in [0.4, 0.5) is 0 Å². The molecule has 17 heavy (non-hydrogen) atoms. The second kappa shape index (κ2) is 8.45. The molecule has 0 N–H and O–H groups in total. The average Bonchev–Trinajstić information content (AvgIpc) is 2.44. The summed E-state index contributed by atoms with van der Waals surface area (Å²) in [5.74, 6) is 0.812. The van der Waals surface area contributed by atoms with Gasteiger partial charge in [0.25, 0.3) is 0 Å². The quantitative estimate of drug-likeness (QED) is 0.549. The van der Waals surface area contributed by atoms with Crippen molar-refractivity contribution in [3.8, 4) is 0 Å². The molecule has 1 heterocycles. The molecule has 0 unspecified atom stereocenters. The van der Waals surface area contributed by atoms with Crippen molar-refractivity contribution in [1.82, 2.24) is 4.23 Å². The third kappa shape index (κ3) is 6.31. The first kappa shape index (κ1) is 18.3. The monoisotopic (exact) mass is 285 g/mol. The van der Waals surface area contributed by atoms with Crippen molar-refractivity contribution in [2.45, 2.75) is 63.1 Å². The molecule has 1 aliphatic rings. The van der Waals surface area contributed by atoms with E-state index in [1.165, 1.54) is 30.0 Å². The van der Waals surface area contributed by atoms with Crippen LogP contribution in [0.25, 0.3) is 0 Å².